The van der Waals surface area contributed by atoms with E-state index < -0.39 is 11.9 Å². The molecule has 0 aliphatic heterocycles. The summed E-state index contributed by atoms with van der Waals surface area (Å²) in [4.78, 5) is 22.7. The van der Waals surface area contributed by atoms with Crippen LogP contribution in [0.3, 0.4) is 0 Å². The van der Waals surface area contributed by atoms with Crippen LogP contribution in [0.15, 0.2) is 0 Å². The Hall–Kier alpha value is -1.10. The molecule has 2 atom stereocenters. The van der Waals surface area contributed by atoms with Crippen LogP contribution in [-0.4, -0.2) is 30.9 Å². The van der Waals surface area contributed by atoms with Gasteiger partial charge in [0, 0.05) is 0 Å². The summed E-state index contributed by atoms with van der Waals surface area (Å²) < 4.78 is 0. The summed E-state index contributed by atoms with van der Waals surface area (Å²) in [6, 6.07) is -0.991. The smallest absolute Gasteiger partial charge is 0.240 e. The van der Waals surface area contributed by atoms with Crippen molar-refractivity contribution in [2.24, 2.45) is 11.1 Å². The number of hydrogen-bond acceptors (Lipinski definition) is 3. The second-order valence-electron chi connectivity index (χ2n) is 4.72. The number of hydrogen-bond donors (Lipinski definition) is 3. The quantitative estimate of drug-likeness (QED) is 0.597. The monoisotopic (exact) mass is 215 g/mol. The van der Waals surface area contributed by atoms with Crippen LogP contribution in [0.25, 0.3) is 0 Å². The molecule has 15 heavy (non-hydrogen) atoms. The highest BCUT2D eigenvalue weighted by molar-refractivity contribution is 5.89. The molecule has 0 aromatic heterocycles. The highest BCUT2D eigenvalue weighted by Gasteiger charge is 2.31. The second-order valence-corrected chi connectivity index (χ2v) is 4.72. The Morgan fingerprint density at radius 2 is 1.73 bits per heavy atom. The maximum atomic E-state index is 11.6. The fourth-order valence-electron chi connectivity index (χ4n) is 1.11. The number of primary amides is 1. The minimum Gasteiger partial charge on any atom is -0.368 e. The van der Waals surface area contributed by atoms with Crippen molar-refractivity contribution in [1.29, 1.82) is 0 Å². The van der Waals surface area contributed by atoms with Gasteiger partial charge in [-0.3, -0.25) is 9.59 Å². The molecule has 0 fully saturated rings. The average molecular weight is 215 g/mol. The van der Waals surface area contributed by atoms with E-state index in [1.165, 1.54) is 0 Å². The van der Waals surface area contributed by atoms with Gasteiger partial charge in [-0.2, -0.15) is 0 Å². The number of amides is 2. The van der Waals surface area contributed by atoms with E-state index in [-0.39, 0.29) is 17.4 Å². The fraction of sp³-hybridized carbons (Fsp3) is 0.800. The summed E-state index contributed by atoms with van der Waals surface area (Å²) in [7, 11) is 1.68. The van der Waals surface area contributed by atoms with Gasteiger partial charge in [-0.15, -0.1) is 0 Å². The number of rotatable bonds is 4. The van der Waals surface area contributed by atoms with E-state index in [9.17, 15) is 9.59 Å². The summed E-state index contributed by atoms with van der Waals surface area (Å²) in [5.74, 6) is -0.740. The Labute approximate surface area is 90.8 Å². The summed E-state index contributed by atoms with van der Waals surface area (Å²) in [6.45, 7) is 7.28. The molecular formula is C10H21N3O2. The predicted molar refractivity (Wildman–Crippen MR) is 59.1 cm³/mol. The number of carbonyl (C=O) groups is 2. The van der Waals surface area contributed by atoms with Crippen molar-refractivity contribution in [3.8, 4) is 0 Å². The lowest BCUT2D eigenvalue weighted by Gasteiger charge is -2.29. The fourth-order valence-corrected chi connectivity index (χ4v) is 1.11. The van der Waals surface area contributed by atoms with Crippen molar-refractivity contribution in [3.63, 3.8) is 0 Å². The Bertz CT molecular complexity index is 246. The molecule has 0 aromatic rings. The van der Waals surface area contributed by atoms with Crippen LogP contribution in [0.5, 0.6) is 0 Å². The van der Waals surface area contributed by atoms with Crippen LogP contribution >= 0.6 is 0 Å². The molecule has 0 heterocycles. The molecule has 0 radical (unpaired) electrons. The first-order chi connectivity index (χ1) is 6.70. The zero-order valence-electron chi connectivity index (χ0n) is 10.0. The van der Waals surface area contributed by atoms with Gasteiger partial charge >= 0.3 is 0 Å². The summed E-state index contributed by atoms with van der Waals surface area (Å²) in [6.07, 6.45) is 0. The van der Waals surface area contributed by atoms with E-state index >= 15 is 0 Å². The van der Waals surface area contributed by atoms with Gasteiger partial charge in [0.05, 0.1) is 6.04 Å². The lowest BCUT2D eigenvalue weighted by atomic mass is 9.86. The van der Waals surface area contributed by atoms with Crippen molar-refractivity contribution in [1.82, 2.24) is 10.6 Å². The van der Waals surface area contributed by atoms with Gasteiger partial charge in [0.1, 0.15) is 6.04 Å². The normalized spacial score (nSPS) is 15.5. The highest BCUT2D eigenvalue weighted by atomic mass is 16.2. The highest BCUT2D eigenvalue weighted by Crippen LogP contribution is 2.18. The maximum absolute atomic E-state index is 11.6. The molecule has 2 amide bonds. The van der Waals surface area contributed by atoms with E-state index in [0.717, 1.165) is 0 Å². The zero-order valence-corrected chi connectivity index (χ0v) is 10.0. The Kier molecular flexibility index (Phi) is 4.74. The Balaban J connectivity index is 4.58. The van der Waals surface area contributed by atoms with Crippen LogP contribution in [0, 0.1) is 5.41 Å². The van der Waals surface area contributed by atoms with Crippen molar-refractivity contribution < 1.29 is 9.59 Å². The molecule has 0 saturated heterocycles. The zero-order chi connectivity index (χ0) is 12.2. The van der Waals surface area contributed by atoms with Gasteiger partial charge in [0.2, 0.25) is 11.8 Å². The van der Waals surface area contributed by atoms with Gasteiger partial charge in [0.25, 0.3) is 0 Å². The first kappa shape index (κ1) is 13.9. The van der Waals surface area contributed by atoms with Crippen molar-refractivity contribution in [3.05, 3.63) is 0 Å². The van der Waals surface area contributed by atoms with E-state index in [1.54, 1.807) is 14.0 Å². The summed E-state index contributed by atoms with van der Waals surface area (Å²) in [5, 5.41) is 5.43. The van der Waals surface area contributed by atoms with E-state index in [2.05, 4.69) is 10.6 Å². The van der Waals surface area contributed by atoms with Gasteiger partial charge in [0.15, 0.2) is 0 Å². The van der Waals surface area contributed by atoms with Gasteiger partial charge in [-0.25, -0.2) is 0 Å². The maximum Gasteiger partial charge on any atom is 0.240 e. The molecule has 2 unspecified atom stereocenters. The van der Waals surface area contributed by atoms with Crippen molar-refractivity contribution in [2.75, 3.05) is 7.05 Å². The lowest BCUT2D eigenvalue weighted by molar-refractivity contribution is -0.130. The first-order valence-corrected chi connectivity index (χ1v) is 4.97. The Morgan fingerprint density at radius 1 is 1.27 bits per heavy atom. The van der Waals surface area contributed by atoms with Crippen LogP contribution in [-0.2, 0) is 9.59 Å². The molecule has 0 bridgehead atoms. The van der Waals surface area contributed by atoms with Crippen molar-refractivity contribution >= 4 is 11.8 Å². The van der Waals surface area contributed by atoms with Crippen LogP contribution in [0.2, 0.25) is 0 Å². The molecular weight excluding hydrogens is 194 g/mol. The van der Waals surface area contributed by atoms with Crippen LogP contribution in [0.1, 0.15) is 27.7 Å². The molecule has 0 rings (SSSR count). The van der Waals surface area contributed by atoms with Gasteiger partial charge in [-0.1, -0.05) is 20.8 Å². The van der Waals surface area contributed by atoms with E-state index in [4.69, 9.17) is 5.73 Å². The molecule has 5 nitrogen and oxygen atoms in total. The average Bonchev–Trinajstić information content (AvgIpc) is 2.09. The third kappa shape index (κ3) is 4.29. The molecule has 0 aromatic carbocycles. The second kappa shape index (κ2) is 5.11. The summed E-state index contributed by atoms with van der Waals surface area (Å²) >= 11 is 0. The SMILES string of the molecule is CNC(C)C(=O)NC(C(N)=O)C(C)(C)C. The summed E-state index contributed by atoms with van der Waals surface area (Å²) in [5.41, 5.74) is 4.86. The molecule has 4 N–H and O–H groups in total. The third-order valence-electron chi connectivity index (χ3n) is 2.26. The molecule has 88 valence electrons. The third-order valence-corrected chi connectivity index (χ3v) is 2.26. The van der Waals surface area contributed by atoms with E-state index in [0.29, 0.717) is 0 Å². The van der Waals surface area contributed by atoms with E-state index in [1.807, 2.05) is 20.8 Å². The first-order valence-electron chi connectivity index (χ1n) is 4.97. The predicted octanol–water partition coefficient (Wildman–Crippen LogP) is -0.389. The van der Waals surface area contributed by atoms with Gasteiger partial charge in [-0.05, 0) is 19.4 Å². The van der Waals surface area contributed by atoms with Gasteiger partial charge < -0.3 is 16.4 Å². The number of nitrogens with one attached hydrogen (secondary N) is 2. The molecule has 0 aliphatic rings. The topological polar surface area (TPSA) is 84.2 Å². The molecule has 0 saturated carbocycles. The Morgan fingerprint density at radius 3 is 2.00 bits per heavy atom. The number of carbonyl (C=O) groups excluding carboxylic acids is 2. The minimum absolute atomic E-state index is 0.226. The molecule has 0 aliphatic carbocycles. The number of nitrogens with two attached hydrogens (primary N) is 1. The van der Waals surface area contributed by atoms with Crippen molar-refractivity contribution in [2.45, 2.75) is 39.8 Å². The number of likely N-dealkylation sites (N-methyl/N-ethyl adjacent to an activating group) is 1. The minimum atomic E-state index is -0.652. The van der Waals surface area contributed by atoms with Crippen LogP contribution in [0.4, 0.5) is 0 Å². The molecule has 5 heteroatoms. The largest absolute Gasteiger partial charge is 0.368 e. The van der Waals surface area contributed by atoms with Crippen LogP contribution < -0.4 is 16.4 Å². The lowest BCUT2D eigenvalue weighted by Crippen LogP contribution is -2.55. The molecule has 0 spiro atoms. The standard InChI is InChI=1S/C10H21N3O2/c1-6(12-5)9(15)13-7(8(11)14)10(2,3)4/h6-7,12H,1-5H3,(H2,11,14)(H,13,15).